The summed E-state index contributed by atoms with van der Waals surface area (Å²) >= 11 is 0. The SMILES string of the molecule is C1CCOC1.CC1(C)O[C@@H]2[C@@H](CO)OC(=O)[C@]2(C)O1.CC[C@H]1OC(=O)[C@]2(C)OC(C)(C)O[C@H]12.[2HH]. The van der Waals surface area contributed by atoms with E-state index in [1.54, 1.807) is 27.7 Å². The summed E-state index contributed by atoms with van der Waals surface area (Å²) in [7, 11) is 0. The standard InChI is InChI=1S/C10H16O4.C9H14O5.C4H8O.H2/c1-5-6-7-10(4,8(11)12-6)14-9(2,3)13-7;1-8(2)13-6-5(4-10)12-7(11)9(6,3)14-8;1-2-4-5-3-1;/h6-7H,5H2,1-4H3;5-6,10H,4H2,1-3H3;1-4H2;1H/t6-,7-,10-;5-,6-,9-;;/m11../s1/i;;;1+1. The van der Waals surface area contributed by atoms with Crippen LogP contribution in [-0.4, -0.2) is 84.1 Å². The summed E-state index contributed by atoms with van der Waals surface area (Å²) < 4.78 is 37.4. The molecule has 5 rings (SSSR count). The van der Waals surface area contributed by atoms with Crippen LogP contribution < -0.4 is 0 Å². The van der Waals surface area contributed by atoms with Crippen molar-refractivity contribution in [1.29, 1.82) is 0 Å². The fourth-order valence-electron chi connectivity index (χ4n) is 4.77. The molecule has 0 bridgehead atoms. The first-order valence-corrected chi connectivity index (χ1v) is 11.6. The normalized spacial score (nSPS) is 41.8. The Morgan fingerprint density at radius 1 is 0.818 bits per heavy atom. The van der Waals surface area contributed by atoms with E-state index in [0.29, 0.717) is 0 Å². The van der Waals surface area contributed by atoms with Crippen molar-refractivity contribution in [2.45, 2.75) is 115 Å². The quantitative estimate of drug-likeness (QED) is 0.592. The summed E-state index contributed by atoms with van der Waals surface area (Å²) in [6.07, 6.45) is 1.74. The largest absolute Gasteiger partial charge is 0.457 e. The Kier molecular flexibility index (Phi) is 7.49. The van der Waals surface area contributed by atoms with Gasteiger partial charge in [-0.1, -0.05) is 6.92 Å². The van der Waals surface area contributed by atoms with Gasteiger partial charge in [-0.25, -0.2) is 9.59 Å². The van der Waals surface area contributed by atoms with Crippen LogP contribution in [0.4, 0.5) is 0 Å². The highest BCUT2D eigenvalue weighted by molar-refractivity contribution is 5.83. The topological polar surface area (TPSA) is 119 Å². The first kappa shape index (κ1) is 26.3. The number of esters is 2. The van der Waals surface area contributed by atoms with Crippen molar-refractivity contribution >= 4 is 11.9 Å². The average molecular weight is 478 g/mol. The van der Waals surface area contributed by atoms with Gasteiger partial charge in [0.2, 0.25) is 0 Å². The van der Waals surface area contributed by atoms with E-state index in [1.807, 2.05) is 20.8 Å². The fraction of sp³-hybridized carbons (Fsp3) is 0.913. The molecule has 1 N–H and O–H groups in total. The van der Waals surface area contributed by atoms with Crippen LogP contribution in [0.5, 0.6) is 0 Å². The zero-order valence-electron chi connectivity index (χ0n) is 20.7. The maximum Gasteiger partial charge on any atom is 0.341 e. The summed E-state index contributed by atoms with van der Waals surface area (Å²) in [6, 6.07) is 0. The van der Waals surface area contributed by atoms with Crippen molar-refractivity contribution in [3.63, 3.8) is 0 Å². The lowest BCUT2D eigenvalue weighted by atomic mass is 9.97. The van der Waals surface area contributed by atoms with E-state index in [9.17, 15) is 9.59 Å². The third-order valence-electron chi connectivity index (χ3n) is 6.24. The minimum Gasteiger partial charge on any atom is -0.457 e. The summed E-state index contributed by atoms with van der Waals surface area (Å²) in [6.45, 7) is 14.2. The van der Waals surface area contributed by atoms with Crippen LogP contribution >= 0.6 is 0 Å². The minimum atomic E-state index is -1.07. The molecule has 0 aromatic rings. The smallest absolute Gasteiger partial charge is 0.341 e. The van der Waals surface area contributed by atoms with Gasteiger partial charge in [0.15, 0.2) is 28.9 Å². The molecule has 33 heavy (non-hydrogen) atoms. The van der Waals surface area contributed by atoms with Crippen LogP contribution in [0.3, 0.4) is 0 Å². The summed E-state index contributed by atoms with van der Waals surface area (Å²) in [5.41, 5.74) is -1.99. The van der Waals surface area contributed by atoms with Crippen molar-refractivity contribution in [2.75, 3.05) is 19.8 Å². The van der Waals surface area contributed by atoms with E-state index in [1.165, 1.54) is 12.8 Å². The zero-order valence-corrected chi connectivity index (χ0v) is 20.7. The molecule has 0 aliphatic carbocycles. The molecule has 0 spiro atoms. The van der Waals surface area contributed by atoms with Gasteiger partial charge in [-0.3, -0.25) is 0 Å². The number of aliphatic hydroxyl groups is 1. The van der Waals surface area contributed by atoms with Gasteiger partial charge in [-0.05, 0) is 60.8 Å². The van der Waals surface area contributed by atoms with Crippen molar-refractivity contribution in [1.82, 2.24) is 0 Å². The van der Waals surface area contributed by atoms with Crippen LogP contribution in [0.1, 0.15) is 69.2 Å². The molecule has 0 amide bonds. The highest BCUT2D eigenvalue weighted by atomic mass is 16.8. The summed E-state index contributed by atoms with van der Waals surface area (Å²) in [5.74, 6) is -2.26. The molecule has 5 saturated heterocycles. The molecular weight excluding hydrogens is 436 g/mol. The molecule has 5 aliphatic rings. The van der Waals surface area contributed by atoms with Crippen LogP contribution in [0, 0.1) is 0 Å². The Labute approximate surface area is 196 Å². The molecule has 0 unspecified atom stereocenters. The lowest BCUT2D eigenvalue weighted by molar-refractivity contribution is -0.198. The minimum absolute atomic E-state index is 0. The molecule has 5 heterocycles. The van der Waals surface area contributed by atoms with E-state index in [0.717, 1.165) is 19.6 Å². The molecule has 5 aliphatic heterocycles. The van der Waals surface area contributed by atoms with Gasteiger partial charge in [0.1, 0.15) is 18.3 Å². The number of ether oxygens (including phenoxy) is 7. The zero-order chi connectivity index (χ0) is 24.7. The van der Waals surface area contributed by atoms with Gasteiger partial charge in [-0.15, -0.1) is 0 Å². The number of fused-ring (bicyclic) bond motifs is 2. The van der Waals surface area contributed by atoms with Crippen molar-refractivity contribution in [3.8, 4) is 0 Å². The molecule has 0 aromatic heterocycles. The molecule has 0 aromatic carbocycles. The third kappa shape index (κ3) is 5.21. The molecule has 192 valence electrons. The Balaban J connectivity index is 0.000000195. The van der Waals surface area contributed by atoms with E-state index < -0.39 is 41.0 Å². The van der Waals surface area contributed by atoms with E-state index in [-0.39, 0.29) is 26.2 Å². The predicted octanol–water partition coefficient (Wildman–Crippen LogP) is 2.09. The van der Waals surface area contributed by atoms with Gasteiger partial charge >= 0.3 is 11.9 Å². The molecular formula is C23H40O10. The average Bonchev–Trinajstić information content (AvgIpc) is 3.49. The van der Waals surface area contributed by atoms with Crippen LogP contribution in [0.15, 0.2) is 0 Å². The van der Waals surface area contributed by atoms with Crippen molar-refractivity contribution < 1.29 is 49.3 Å². The molecule has 10 heteroatoms. The Morgan fingerprint density at radius 3 is 1.61 bits per heavy atom. The number of carbonyl (C=O) groups excluding carboxylic acids is 2. The Hall–Kier alpha value is -1.30. The van der Waals surface area contributed by atoms with Crippen LogP contribution in [-0.2, 0) is 42.7 Å². The second kappa shape index (κ2) is 9.39. The number of aliphatic hydroxyl groups excluding tert-OH is 1. The van der Waals surface area contributed by atoms with E-state index in [4.69, 9.17) is 38.3 Å². The second-order valence-corrected chi connectivity index (χ2v) is 10.1. The number of hydrogen-bond acceptors (Lipinski definition) is 10. The number of carbonyl (C=O) groups is 2. The fourth-order valence-corrected chi connectivity index (χ4v) is 4.77. The van der Waals surface area contributed by atoms with Crippen LogP contribution in [0.25, 0.3) is 0 Å². The van der Waals surface area contributed by atoms with Crippen molar-refractivity contribution in [3.05, 3.63) is 0 Å². The van der Waals surface area contributed by atoms with Gasteiger partial charge in [0.25, 0.3) is 0 Å². The predicted molar refractivity (Wildman–Crippen MR) is 116 cm³/mol. The Bertz CT molecular complexity index is 676. The third-order valence-corrected chi connectivity index (χ3v) is 6.24. The molecule has 0 saturated carbocycles. The van der Waals surface area contributed by atoms with Gasteiger partial charge < -0.3 is 38.3 Å². The Morgan fingerprint density at radius 2 is 1.24 bits per heavy atom. The van der Waals surface area contributed by atoms with Gasteiger partial charge in [-0.2, -0.15) is 0 Å². The monoisotopic (exact) mass is 477 g/mol. The summed E-state index contributed by atoms with van der Waals surface area (Å²) in [4.78, 5) is 23.1. The van der Waals surface area contributed by atoms with Gasteiger partial charge in [0, 0.05) is 14.6 Å². The first-order valence-electron chi connectivity index (χ1n) is 11.6. The molecule has 5 fully saturated rings. The van der Waals surface area contributed by atoms with Crippen LogP contribution in [0.2, 0.25) is 0 Å². The van der Waals surface area contributed by atoms with E-state index in [2.05, 4.69) is 0 Å². The molecule has 6 atom stereocenters. The van der Waals surface area contributed by atoms with Gasteiger partial charge in [0.05, 0.1) is 6.61 Å². The first-order chi connectivity index (χ1) is 15.3. The highest BCUT2D eigenvalue weighted by Crippen LogP contribution is 2.45. The molecule has 0 radical (unpaired) electrons. The van der Waals surface area contributed by atoms with E-state index >= 15 is 0 Å². The van der Waals surface area contributed by atoms with Crippen molar-refractivity contribution in [2.24, 2.45) is 0 Å². The number of cyclic esters (lactones) is 2. The maximum absolute atomic E-state index is 11.6. The molecule has 10 nitrogen and oxygen atoms in total. The lowest BCUT2D eigenvalue weighted by Gasteiger charge is -2.21. The number of hydrogen-bond donors (Lipinski definition) is 1. The second-order valence-electron chi connectivity index (χ2n) is 10.1. The maximum atomic E-state index is 11.6. The summed E-state index contributed by atoms with van der Waals surface area (Å²) in [5, 5.41) is 9.00. The highest BCUT2D eigenvalue weighted by Gasteiger charge is 2.65. The number of rotatable bonds is 2. The lowest BCUT2D eigenvalue weighted by Crippen LogP contribution is -2.41.